The molecule has 2 heterocycles. The first kappa shape index (κ1) is 16.7. The van der Waals surface area contributed by atoms with Crippen LogP contribution in [-0.4, -0.2) is 23.3 Å². The van der Waals surface area contributed by atoms with E-state index in [2.05, 4.69) is 16.8 Å². The quantitative estimate of drug-likeness (QED) is 0.901. The van der Waals surface area contributed by atoms with E-state index in [0.29, 0.717) is 6.42 Å². The summed E-state index contributed by atoms with van der Waals surface area (Å²) in [5.41, 5.74) is 0.966. The minimum absolute atomic E-state index is 0.105. The smallest absolute Gasteiger partial charge is 0.225 e. The molecule has 1 aromatic carbocycles. The van der Waals surface area contributed by atoms with Crippen LogP contribution in [0, 0.1) is 0 Å². The van der Waals surface area contributed by atoms with Crippen LogP contribution in [0.4, 0.5) is 0 Å². The molecule has 4 nitrogen and oxygen atoms in total. The Morgan fingerprint density at radius 3 is 2.71 bits per heavy atom. The number of hydrogen-bond acceptors (Lipinski definition) is 3. The number of amides is 2. The molecule has 1 aliphatic rings. The Bertz CT molecular complexity index is 685. The SMILES string of the molecule is CC(=O)NC(CC(=O)N1CCCC1c1cccs1)c1ccccc1. The van der Waals surface area contributed by atoms with E-state index in [-0.39, 0.29) is 23.9 Å². The lowest BCUT2D eigenvalue weighted by Gasteiger charge is -2.27. The number of carbonyl (C=O) groups excluding carboxylic acids is 2. The van der Waals surface area contributed by atoms with Crippen molar-refractivity contribution in [2.75, 3.05) is 6.54 Å². The van der Waals surface area contributed by atoms with Gasteiger partial charge in [0.15, 0.2) is 0 Å². The van der Waals surface area contributed by atoms with E-state index in [1.807, 2.05) is 41.3 Å². The molecule has 2 amide bonds. The van der Waals surface area contributed by atoms with Crippen LogP contribution in [0.1, 0.15) is 48.7 Å². The lowest BCUT2D eigenvalue weighted by atomic mass is 10.0. The molecule has 24 heavy (non-hydrogen) atoms. The number of rotatable bonds is 5. The summed E-state index contributed by atoms with van der Waals surface area (Å²) in [6.45, 7) is 2.29. The van der Waals surface area contributed by atoms with Gasteiger partial charge in [-0.2, -0.15) is 0 Å². The maximum Gasteiger partial charge on any atom is 0.225 e. The molecule has 2 atom stereocenters. The summed E-state index contributed by atoms with van der Waals surface area (Å²) in [6.07, 6.45) is 2.35. The zero-order chi connectivity index (χ0) is 16.9. The second kappa shape index (κ2) is 7.62. The van der Waals surface area contributed by atoms with Gasteiger partial charge in [-0.15, -0.1) is 11.3 Å². The molecule has 1 fully saturated rings. The van der Waals surface area contributed by atoms with E-state index in [1.54, 1.807) is 11.3 Å². The third-order valence-electron chi connectivity index (χ3n) is 4.40. The van der Waals surface area contributed by atoms with Crippen molar-refractivity contribution < 1.29 is 9.59 Å². The maximum atomic E-state index is 12.9. The highest BCUT2D eigenvalue weighted by Gasteiger charge is 2.32. The van der Waals surface area contributed by atoms with Gasteiger partial charge in [0.05, 0.1) is 18.5 Å². The number of thiophene rings is 1. The lowest BCUT2D eigenvalue weighted by molar-refractivity contribution is -0.132. The normalized spacial score (nSPS) is 18.4. The molecule has 1 aliphatic heterocycles. The van der Waals surface area contributed by atoms with Crippen LogP contribution >= 0.6 is 11.3 Å². The van der Waals surface area contributed by atoms with E-state index in [1.165, 1.54) is 11.8 Å². The van der Waals surface area contributed by atoms with Gasteiger partial charge in [-0.25, -0.2) is 0 Å². The van der Waals surface area contributed by atoms with E-state index >= 15 is 0 Å². The molecule has 0 spiro atoms. The van der Waals surface area contributed by atoms with E-state index in [4.69, 9.17) is 0 Å². The average Bonchev–Trinajstić information content (AvgIpc) is 3.25. The molecular formula is C19H22N2O2S. The molecule has 3 rings (SSSR count). The molecule has 0 radical (unpaired) electrons. The topological polar surface area (TPSA) is 49.4 Å². The number of likely N-dealkylation sites (tertiary alicyclic amines) is 1. The molecular weight excluding hydrogens is 320 g/mol. The van der Waals surface area contributed by atoms with Crippen molar-refractivity contribution in [2.45, 2.75) is 38.3 Å². The lowest BCUT2D eigenvalue weighted by Crippen LogP contribution is -2.35. The van der Waals surface area contributed by atoms with Gasteiger partial charge in [0.2, 0.25) is 11.8 Å². The number of nitrogens with zero attached hydrogens (tertiary/aromatic N) is 1. The van der Waals surface area contributed by atoms with E-state index in [9.17, 15) is 9.59 Å². The second-order valence-corrected chi connectivity index (χ2v) is 7.11. The zero-order valence-corrected chi connectivity index (χ0v) is 14.6. The monoisotopic (exact) mass is 342 g/mol. The van der Waals surface area contributed by atoms with Crippen molar-refractivity contribution in [1.29, 1.82) is 0 Å². The molecule has 1 N–H and O–H groups in total. The van der Waals surface area contributed by atoms with Crippen LogP contribution < -0.4 is 5.32 Å². The highest BCUT2D eigenvalue weighted by molar-refractivity contribution is 7.10. The van der Waals surface area contributed by atoms with Crippen LogP contribution in [-0.2, 0) is 9.59 Å². The van der Waals surface area contributed by atoms with E-state index < -0.39 is 0 Å². The Labute approximate surface area is 146 Å². The molecule has 0 bridgehead atoms. The largest absolute Gasteiger partial charge is 0.349 e. The number of hydrogen-bond donors (Lipinski definition) is 1. The summed E-state index contributed by atoms with van der Waals surface area (Å²) in [5, 5.41) is 4.97. The molecule has 1 aromatic heterocycles. The fourth-order valence-electron chi connectivity index (χ4n) is 3.32. The first-order valence-electron chi connectivity index (χ1n) is 8.30. The summed E-state index contributed by atoms with van der Waals surface area (Å²) in [4.78, 5) is 27.7. The molecule has 126 valence electrons. The maximum absolute atomic E-state index is 12.9. The number of nitrogens with one attached hydrogen (secondary N) is 1. The third-order valence-corrected chi connectivity index (χ3v) is 5.38. The highest BCUT2D eigenvalue weighted by atomic mass is 32.1. The van der Waals surface area contributed by atoms with Crippen LogP contribution in [0.25, 0.3) is 0 Å². The van der Waals surface area contributed by atoms with Crippen molar-refractivity contribution in [3.63, 3.8) is 0 Å². The molecule has 0 aliphatic carbocycles. The van der Waals surface area contributed by atoms with Gasteiger partial charge >= 0.3 is 0 Å². The molecule has 0 saturated carbocycles. The van der Waals surface area contributed by atoms with Gasteiger partial charge in [0, 0.05) is 18.3 Å². The van der Waals surface area contributed by atoms with Crippen molar-refractivity contribution >= 4 is 23.2 Å². The van der Waals surface area contributed by atoms with Gasteiger partial charge in [-0.1, -0.05) is 36.4 Å². The van der Waals surface area contributed by atoms with Crippen molar-refractivity contribution in [3.8, 4) is 0 Å². The standard InChI is InChI=1S/C19H22N2O2S/c1-14(22)20-16(15-7-3-2-4-8-15)13-19(23)21-11-5-9-17(21)18-10-6-12-24-18/h2-4,6-8,10,12,16-17H,5,9,11,13H2,1H3,(H,20,22). The Balaban J connectivity index is 1.74. The molecule has 2 aromatic rings. The fraction of sp³-hybridized carbons (Fsp3) is 0.368. The van der Waals surface area contributed by atoms with Crippen LogP contribution in [0.2, 0.25) is 0 Å². The first-order valence-corrected chi connectivity index (χ1v) is 9.18. The van der Waals surface area contributed by atoms with Crippen molar-refractivity contribution in [3.05, 3.63) is 58.3 Å². The number of benzene rings is 1. The van der Waals surface area contributed by atoms with Crippen molar-refractivity contribution in [1.82, 2.24) is 10.2 Å². The van der Waals surface area contributed by atoms with Gasteiger partial charge in [-0.05, 0) is 29.9 Å². The van der Waals surface area contributed by atoms with Gasteiger partial charge < -0.3 is 10.2 Å². The first-order chi connectivity index (χ1) is 11.6. The summed E-state index contributed by atoms with van der Waals surface area (Å²) in [7, 11) is 0. The predicted molar refractivity (Wildman–Crippen MR) is 95.6 cm³/mol. The van der Waals surface area contributed by atoms with Gasteiger partial charge in [0.25, 0.3) is 0 Å². The minimum atomic E-state index is -0.277. The fourth-order valence-corrected chi connectivity index (χ4v) is 4.19. The minimum Gasteiger partial charge on any atom is -0.349 e. The third kappa shape index (κ3) is 3.85. The molecule has 2 unspecified atom stereocenters. The van der Waals surface area contributed by atoms with Crippen LogP contribution in [0.15, 0.2) is 47.8 Å². The molecule has 5 heteroatoms. The Morgan fingerprint density at radius 1 is 1.25 bits per heavy atom. The predicted octanol–water partition coefficient (Wildman–Crippen LogP) is 3.68. The van der Waals surface area contributed by atoms with Crippen molar-refractivity contribution in [2.24, 2.45) is 0 Å². The Hall–Kier alpha value is -2.14. The number of carbonyl (C=O) groups is 2. The second-order valence-electron chi connectivity index (χ2n) is 6.13. The Morgan fingerprint density at radius 2 is 2.04 bits per heavy atom. The summed E-state index contributed by atoms with van der Waals surface area (Å²) >= 11 is 1.70. The zero-order valence-electron chi connectivity index (χ0n) is 13.8. The summed E-state index contributed by atoms with van der Waals surface area (Å²) in [5.74, 6) is -0.0126. The summed E-state index contributed by atoms with van der Waals surface area (Å²) in [6, 6.07) is 13.7. The van der Waals surface area contributed by atoms with Crippen LogP contribution in [0.5, 0.6) is 0 Å². The highest BCUT2D eigenvalue weighted by Crippen LogP contribution is 2.35. The van der Waals surface area contributed by atoms with E-state index in [0.717, 1.165) is 24.9 Å². The van der Waals surface area contributed by atoms with Gasteiger partial charge in [0.1, 0.15) is 0 Å². The Kier molecular flexibility index (Phi) is 5.30. The van der Waals surface area contributed by atoms with Crippen LogP contribution in [0.3, 0.4) is 0 Å². The summed E-state index contributed by atoms with van der Waals surface area (Å²) < 4.78 is 0. The van der Waals surface area contributed by atoms with Gasteiger partial charge in [-0.3, -0.25) is 9.59 Å². The average molecular weight is 342 g/mol. The molecule has 1 saturated heterocycles.